The smallest absolute Gasteiger partial charge is 0.251 e. The van der Waals surface area contributed by atoms with Gasteiger partial charge in [0.2, 0.25) is 0 Å². The number of amides is 1. The molecule has 0 radical (unpaired) electrons. The van der Waals surface area contributed by atoms with Crippen LogP contribution in [0.15, 0.2) is 42.5 Å². The number of carbonyl (C=O) groups is 2. The second-order valence-electron chi connectivity index (χ2n) is 8.24. The van der Waals surface area contributed by atoms with E-state index in [1.54, 1.807) is 6.07 Å². The van der Waals surface area contributed by atoms with Crippen molar-refractivity contribution in [3.05, 3.63) is 59.2 Å². The van der Waals surface area contributed by atoms with E-state index < -0.39 is 0 Å². The number of hydrogen-bond acceptors (Lipinski definition) is 2. The second-order valence-corrected chi connectivity index (χ2v) is 8.24. The minimum absolute atomic E-state index is 0.0198. The lowest BCUT2D eigenvalue weighted by Crippen LogP contribution is -2.40. The summed E-state index contributed by atoms with van der Waals surface area (Å²) in [7, 11) is 0. The number of ketones is 1. The van der Waals surface area contributed by atoms with Gasteiger partial charge in [0.15, 0.2) is 5.78 Å². The first-order valence-corrected chi connectivity index (χ1v) is 9.71. The van der Waals surface area contributed by atoms with Crippen LogP contribution in [0, 0.1) is 17.8 Å². The summed E-state index contributed by atoms with van der Waals surface area (Å²) in [4.78, 5) is 25.4. The third-order valence-corrected chi connectivity index (χ3v) is 6.78. The van der Waals surface area contributed by atoms with Gasteiger partial charge >= 0.3 is 0 Å². The van der Waals surface area contributed by atoms with Crippen LogP contribution in [0.3, 0.4) is 0 Å². The van der Waals surface area contributed by atoms with Crippen LogP contribution in [-0.2, 0) is 0 Å². The molecule has 2 saturated carbocycles. The zero-order valence-electron chi connectivity index (χ0n) is 15.0. The minimum Gasteiger partial charge on any atom is -0.349 e. The Balaban J connectivity index is 1.37. The molecule has 0 saturated heterocycles. The van der Waals surface area contributed by atoms with Crippen LogP contribution in [0.1, 0.15) is 58.9 Å². The van der Waals surface area contributed by atoms with Crippen molar-refractivity contribution in [2.45, 2.75) is 38.6 Å². The first kappa shape index (κ1) is 15.8. The molecule has 3 aliphatic carbocycles. The molecule has 132 valence electrons. The number of carbonyl (C=O) groups excluding carboxylic acids is 2. The van der Waals surface area contributed by atoms with E-state index in [0.29, 0.717) is 17.0 Å². The predicted molar refractivity (Wildman–Crippen MR) is 101 cm³/mol. The predicted octanol–water partition coefficient (Wildman–Crippen LogP) is 4.45. The summed E-state index contributed by atoms with van der Waals surface area (Å²) in [6, 6.07) is 13.4. The molecule has 5 rings (SSSR count). The Hall–Kier alpha value is -2.42. The Morgan fingerprint density at radius 1 is 1.00 bits per heavy atom. The van der Waals surface area contributed by atoms with E-state index in [-0.39, 0.29) is 17.7 Å². The average molecular weight is 345 g/mol. The quantitative estimate of drug-likeness (QED) is 0.762. The highest BCUT2D eigenvalue weighted by atomic mass is 16.1. The molecule has 1 N–H and O–H groups in total. The highest BCUT2D eigenvalue weighted by Crippen LogP contribution is 2.49. The van der Waals surface area contributed by atoms with Crippen molar-refractivity contribution < 1.29 is 9.59 Å². The molecule has 0 aromatic heterocycles. The molecule has 0 aliphatic heterocycles. The third-order valence-electron chi connectivity index (χ3n) is 6.78. The van der Waals surface area contributed by atoms with Crippen molar-refractivity contribution in [3.63, 3.8) is 0 Å². The van der Waals surface area contributed by atoms with E-state index in [0.717, 1.165) is 28.5 Å². The zero-order valence-corrected chi connectivity index (χ0v) is 15.0. The van der Waals surface area contributed by atoms with Crippen molar-refractivity contribution in [2.24, 2.45) is 17.8 Å². The van der Waals surface area contributed by atoms with Crippen LogP contribution in [0.2, 0.25) is 0 Å². The van der Waals surface area contributed by atoms with Crippen LogP contribution in [0.25, 0.3) is 11.1 Å². The molecule has 0 heterocycles. The normalized spacial score (nSPS) is 26.5. The third kappa shape index (κ3) is 2.33. The van der Waals surface area contributed by atoms with Crippen LogP contribution in [-0.4, -0.2) is 17.7 Å². The Bertz CT molecular complexity index is 916. The first-order valence-electron chi connectivity index (χ1n) is 9.71. The summed E-state index contributed by atoms with van der Waals surface area (Å²) in [5.41, 5.74) is 3.86. The van der Waals surface area contributed by atoms with Crippen molar-refractivity contribution in [1.82, 2.24) is 5.32 Å². The SMILES string of the molecule is C[C@H](NC(=O)c1ccc2c(c1)C(=O)c1ccccc1-2)[C@@H]1C[C@H]2CC[C@H]1C2. The second kappa shape index (κ2) is 5.80. The maximum absolute atomic E-state index is 12.8. The maximum Gasteiger partial charge on any atom is 0.251 e. The molecule has 2 bridgehead atoms. The molecule has 4 atom stereocenters. The van der Waals surface area contributed by atoms with Gasteiger partial charge in [-0.3, -0.25) is 9.59 Å². The standard InChI is InChI=1S/C23H23NO2/c1-13(20-11-14-6-7-15(20)10-14)24-23(26)16-8-9-18-17-4-2-3-5-19(17)22(25)21(18)12-16/h2-5,8-9,12-15,20H,6-7,10-11H2,1H3,(H,24,26)/t13-,14-,15-,20-/m0/s1. The van der Waals surface area contributed by atoms with Gasteiger partial charge in [-0.05, 0) is 67.2 Å². The van der Waals surface area contributed by atoms with E-state index >= 15 is 0 Å². The van der Waals surface area contributed by atoms with Crippen molar-refractivity contribution in [2.75, 3.05) is 0 Å². The largest absolute Gasteiger partial charge is 0.349 e. The summed E-state index contributed by atoms with van der Waals surface area (Å²) in [5, 5.41) is 3.20. The molecule has 26 heavy (non-hydrogen) atoms. The van der Waals surface area contributed by atoms with Crippen LogP contribution in [0.4, 0.5) is 0 Å². The van der Waals surface area contributed by atoms with Gasteiger partial charge in [0.05, 0.1) is 0 Å². The van der Waals surface area contributed by atoms with Crippen LogP contribution < -0.4 is 5.32 Å². The first-order chi connectivity index (χ1) is 12.6. The van der Waals surface area contributed by atoms with Gasteiger partial charge in [-0.15, -0.1) is 0 Å². The van der Waals surface area contributed by atoms with Crippen molar-refractivity contribution in [3.8, 4) is 11.1 Å². The molecule has 2 fully saturated rings. The maximum atomic E-state index is 12.8. The van der Waals surface area contributed by atoms with Gasteiger partial charge in [-0.1, -0.05) is 36.8 Å². The van der Waals surface area contributed by atoms with Crippen molar-refractivity contribution >= 4 is 11.7 Å². The molecule has 2 aromatic rings. The fourth-order valence-electron chi connectivity index (χ4n) is 5.47. The molecular formula is C23H23NO2. The van der Waals surface area contributed by atoms with Gasteiger partial charge in [0.25, 0.3) is 5.91 Å². The van der Waals surface area contributed by atoms with E-state index in [1.807, 2.05) is 36.4 Å². The molecule has 1 amide bonds. The average Bonchev–Trinajstić information content (AvgIpc) is 3.36. The fourth-order valence-corrected chi connectivity index (χ4v) is 5.47. The van der Waals surface area contributed by atoms with Crippen LogP contribution >= 0.6 is 0 Å². The van der Waals surface area contributed by atoms with Gasteiger partial charge in [-0.2, -0.15) is 0 Å². The fraction of sp³-hybridized carbons (Fsp3) is 0.391. The number of nitrogens with one attached hydrogen (secondary N) is 1. The molecule has 3 nitrogen and oxygen atoms in total. The summed E-state index contributed by atoms with van der Waals surface area (Å²) in [5.74, 6) is 2.23. The molecule has 0 spiro atoms. The Kier molecular flexibility index (Phi) is 3.53. The number of benzene rings is 2. The lowest BCUT2D eigenvalue weighted by Gasteiger charge is -2.28. The van der Waals surface area contributed by atoms with E-state index in [9.17, 15) is 9.59 Å². The monoisotopic (exact) mass is 345 g/mol. The summed E-state index contributed by atoms with van der Waals surface area (Å²) in [6.45, 7) is 2.14. The summed E-state index contributed by atoms with van der Waals surface area (Å²) >= 11 is 0. The summed E-state index contributed by atoms with van der Waals surface area (Å²) in [6.07, 6.45) is 5.29. The Labute approximate surface area is 153 Å². The number of fused-ring (bicyclic) bond motifs is 5. The van der Waals surface area contributed by atoms with Crippen molar-refractivity contribution in [1.29, 1.82) is 0 Å². The lowest BCUT2D eigenvalue weighted by atomic mass is 9.84. The molecule has 3 heteroatoms. The molecule has 2 aromatic carbocycles. The topological polar surface area (TPSA) is 46.2 Å². The summed E-state index contributed by atoms with van der Waals surface area (Å²) < 4.78 is 0. The van der Waals surface area contributed by atoms with Gasteiger partial charge in [0.1, 0.15) is 0 Å². The zero-order chi connectivity index (χ0) is 17.8. The minimum atomic E-state index is -0.0631. The number of hydrogen-bond donors (Lipinski definition) is 1. The lowest BCUT2D eigenvalue weighted by molar-refractivity contribution is 0.0915. The number of rotatable bonds is 3. The van der Waals surface area contributed by atoms with Gasteiger partial charge in [-0.25, -0.2) is 0 Å². The van der Waals surface area contributed by atoms with Gasteiger partial charge in [0, 0.05) is 22.7 Å². The Morgan fingerprint density at radius 2 is 1.77 bits per heavy atom. The van der Waals surface area contributed by atoms with Gasteiger partial charge < -0.3 is 5.32 Å². The van der Waals surface area contributed by atoms with E-state index in [2.05, 4.69) is 12.2 Å². The Morgan fingerprint density at radius 3 is 2.50 bits per heavy atom. The highest BCUT2D eigenvalue weighted by Gasteiger charge is 2.42. The highest BCUT2D eigenvalue weighted by molar-refractivity contribution is 6.22. The molecular weight excluding hydrogens is 322 g/mol. The molecule has 3 aliphatic rings. The van der Waals surface area contributed by atoms with E-state index in [4.69, 9.17) is 0 Å². The molecule has 0 unspecified atom stereocenters. The van der Waals surface area contributed by atoms with E-state index in [1.165, 1.54) is 25.7 Å². The van der Waals surface area contributed by atoms with Crippen LogP contribution in [0.5, 0.6) is 0 Å².